The van der Waals surface area contributed by atoms with E-state index in [2.05, 4.69) is 25.2 Å². The van der Waals surface area contributed by atoms with Crippen LogP contribution >= 0.6 is 0 Å². The number of aryl methyl sites for hydroxylation is 1. The molecular formula is C15H20F3N5. The maximum atomic E-state index is 12.1. The number of aliphatic imine (C=N–C) groups is 1. The number of rotatable bonds is 6. The van der Waals surface area contributed by atoms with Gasteiger partial charge in [0, 0.05) is 26.7 Å². The van der Waals surface area contributed by atoms with Gasteiger partial charge in [-0.05, 0) is 18.6 Å². The van der Waals surface area contributed by atoms with Gasteiger partial charge in [-0.3, -0.25) is 4.99 Å². The third-order valence-corrected chi connectivity index (χ3v) is 3.32. The second kappa shape index (κ2) is 7.85. The molecule has 0 saturated carbocycles. The topological polar surface area (TPSA) is 54.2 Å². The van der Waals surface area contributed by atoms with E-state index in [1.54, 1.807) is 6.33 Å². The van der Waals surface area contributed by atoms with E-state index >= 15 is 0 Å². The van der Waals surface area contributed by atoms with Crippen LogP contribution in [-0.4, -0.2) is 41.8 Å². The summed E-state index contributed by atoms with van der Waals surface area (Å²) in [5.41, 5.74) is 2.02. The fraction of sp³-hybridized carbons (Fsp3) is 0.467. The Kier molecular flexibility index (Phi) is 5.84. The van der Waals surface area contributed by atoms with Crippen LogP contribution in [0.1, 0.15) is 12.8 Å². The van der Waals surface area contributed by atoms with Crippen LogP contribution in [-0.2, 0) is 6.54 Å². The smallest absolute Gasteiger partial charge is 0.356 e. The number of guanidine groups is 1. The van der Waals surface area contributed by atoms with E-state index in [0.717, 1.165) is 24.0 Å². The van der Waals surface area contributed by atoms with Crippen LogP contribution in [0.3, 0.4) is 0 Å². The first-order valence-corrected chi connectivity index (χ1v) is 7.41. The number of imidazole rings is 1. The second-order valence-electron chi connectivity index (χ2n) is 5.07. The molecule has 2 rings (SSSR count). The molecule has 8 heteroatoms. The molecule has 1 heterocycles. The largest absolute Gasteiger partial charge is 0.390 e. The lowest BCUT2D eigenvalue weighted by Crippen LogP contribution is -2.39. The highest BCUT2D eigenvalue weighted by Gasteiger charge is 2.26. The molecule has 2 N–H and O–H groups in total. The predicted octanol–water partition coefficient (Wildman–Crippen LogP) is 2.54. The zero-order valence-electron chi connectivity index (χ0n) is 12.9. The van der Waals surface area contributed by atoms with Crippen molar-refractivity contribution in [2.24, 2.45) is 4.99 Å². The molecular weight excluding hydrogens is 307 g/mol. The van der Waals surface area contributed by atoms with Crippen molar-refractivity contribution in [3.63, 3.8) is 0 Å². The second-order valence-corrected chi connectivity index (χ2v) is 5.07. The molecule has 126 valence electrons. The number of fused-ring (bicyclic) bond motifs is 1. The zero-order valence-corrected chi connectivity index (χ0v) is 12.9. The average Bonchev–Trinajstić information content (AvgIpc) is 2.92. The van der Waals surface area contributed by atoms with Crippen molar-refractivity contribution in [3.8, 4) is 0 Å². The molecule has 0 fully saturated rings. The van der Waals surface area contributed by atoms with Crippen LogP contribution in [0, 0.1) is 0 Å². The molecule has 5 nitrogen and oxygen atoms in total. The Morgan fingerprint density at radius 3 is 2.70 bits per heavy atom. The van der Waals surface area contributed by atoms with Crippen molar-refractivity contribution < 1.29 is 13.2 Å². The van der Waals surface area contributed by atoms with Gasteiger partial charge < -0.3 is 15.2 Å². The average molecular weight is 327 g/mol. The Morgan fingerprint density at radius 2 is 1.96 bits per heavy atom. The Labute approximate surface area is 132 Å². The van der Waals surface area contributed by atoms with Gasteiger partial charge in [0.05, 0.1) is 23.8 Å². The lowest BCUT2D eigenvalue weighted by Gasteiger charge is -2.13. The summed E-state index contributed by atoms with van der Waals surface area (Å²) in [6.07, 6.45) is -2.44. The molecule has 0 saturated heterocycles. The Morgan fingerprint density at radius 1 is 1.22 bits per heavy atom. The number of nitrogens with zero attached hydrogens (tertiary/aromatic N) is 3. The van der Waals surface area contributed by atoms with Crippen LogP contribution in [0.25, 0.3) is 11.0 Å². The normalized spacial score (nSPS) is 12.6. The quantitative estimate of drug-likeness (QED) is 0.487. The van der Waals surface area contributed by atoms with E-state index in [0.29, 0.717) is 12.5 Å². The fourth-order valence-electron chi connectivity index (χ4n) is 2.19. The summed E-state index contributed by atoms with van der Waals surface area (Å²) >= 11 is 0. The van der Waals surface area contributed by atoms with Gasteiger partial charge in [0.2, 0.25) is 0 Å². The van der Waals surface area contributed by atoms with Crippen LogP contribution < -0.4 is 10.6 Å². The highest BCUT2D eigenvalue weighted by atomic mass is 19.4. The Balaban J connectivity index is 1.71. The van der Waals surface area contributed by atoms with Crippen molar-refractivity contribution in [2.45, 2.75) is 25.6 Å². The van der Waals surface area contributed by atoms with E-state index in [-0.39, 0.29) is 6.54 Å². The SMILES string of the molecule is CN=C(NCCCn1cnc2ccccc21)NCCC(F)(F)F. The number of hydrogen-bond donors (Lipinski definition) is 2. The van der Waals surface area contributed by atoms with Crippen molar-refractivity contribution >= 4 is 17.0 Å². The summed E-state index contributed by atoms with van der Waals surface area (Å²) in [4.78, 5) is 8.21. The summed E-state index contributed by atoms with van der Waals surface area (Å²) in [5.74, 6) is 0.379. The molecule has 1 aromatic carbocycles. The van der Waals surface area contributed by atoms with E-state index in [9.17, 15) is 13.2 Å². The van der Waals surface area contributed by atoms with Crippen LogP contribution in [0.2, 0.25) is 0 Å². The van der Waals surface area contributed by atoms with Crippen molar-refractivity contribution in [2.75, 3.05) is 20.1 Å². The number of para-hydroxylation sites is 2. The standard InChI is InChI=1S/C15H20F3N5/c1-19-14(21-9-7-15(16,17)18)20-8-4-10-23-11-22-12-5-2-3-6-13(12)23/h2-3,5-6,11H,4,7-10H2,1H3,(H2,19,20,21). The first kappa shape index (κ1) is 17.1. The van der Waals surface area contributed by atoms with Gasteiger partial charge in [-0.15, -0.1) is 0 Å². The highest BCUT2D eigenvalue weighted by molar-refractivity contribution is 5.79. The van der Waals surface area contributed by atoms with Crippen LogP contribution in [0.5, 0.6) is 0 Å². The zero-order chi connectivity index (χ0) is 16.7. The summed E-state index contributed by atoms with van der Waals surface area (Å²) in [7, 11) is 1.53. The van der Waals surface area contributed by atoms with Crippen molar-refractivity contribution in [3.05, 3.63) is 30.6 Å². The summed E-state index contributed by atoms with van der Waals surface area (Å²) in [6, 6.07) is 7.87. The summed E-state index contributed by atoms with van der Waals surface area (Å²) in [5, 5.41) is 5.65. The van der Waals surface area contributed by atoms with Gasteiger partial charge in [0.1, 0.15) is 0 Å². The molecule has 1 aromatic heterocycles. The van der Waals surface area contributed by atoms with Gasteiger partial charge >= 0.3 is 6.18 Å². The number of nitrogens with one attached hydrogen (secondary N) is 2. The van der Waals surface area contributed by atoms with Crippen molar-refractivity contribution in [1.29, 1.82) is 0 Å². The number of alkyl halides is 3. The van der Waals surface area contributed by atoms with Gasteiger partial charge in [-0.25, -0.2) is 4.98 Å². The molecule has 0 amide bonds. The van der Waals surface area contributed by atoms with Crippen LogP contribution in [0.15, 0.2) is 35.6 Å². The summed E-state index contributed by atoms with van der Waals surface area (Å²) < 4.78 is 38.3. The summed E-state index contributed by atoms with van der Waals surface area (Å²) in [6.45, 7) is 1.20. The number of hydrogen-bond acceptors (Lipinski definition) is 2. The first-order valence-electron chi connectivity index (χ1n) is 7.41. The van der Waals surface area contributed by atoms with Gasteiger partial charge in [0.25, 0.3) is 0 Å². The number of aromatic nitrogens is 2. The molecule has 2 aromatic rings. The van der Waals surface area contributed by atoms with E-state index < -0.39 is 12.6 Å². The first-order chi connectivity index (χ1) is 11.0. The van der Waals surface area contributed by atoms with Gasteiger partial charge in [-0.1, -0.05) is 12.1 Å². The Hall–Kier alpha value is -2.25. The van der Waals surface area contributed by atoms with E-state index in [1.807, 2.05) is 24.3 Å². The Bertz CT molecular complexity index is 648. The minimum atomic E-state index is -4.16. The minimum Gasteiger partial charge on any atom is -0.356 e. The van der Waals surface area contributed by atoms with E-state index in [4.69, 9.17) is 0 Å². The maximum absolute atomic E-state index is 12.1. The van der Waals surface area contributed by atoms with E-state index in [1.165, 1.54) is 7.05 Å². The van der Waals surface area contributed by atoms with Gasteiger partial charge in [0.15, 0.2) is 5.96 Å². The number of benzene rings is 1. The molecule has 23 heavy (non-hydrogen) atoms. The molecule has 0 bridgehead atoms. The minimum absolute atomic E-state index is 0.185. The third-order valence-electron chi connectivity index (χ3n) is 3.32. The molecule has 0 aliphatic rings. The molecule has 0 spiro atoms. The van der Waals surface area contributed by atoms with Gasteiger partial charge in [-0.2, -0.15) is 13.2 Å². The molecule has 0 unspecified atom stereocenters. The van der Waals surface area contributed by atoms with Crippen LogP contribution in [0.4, 0.5) is 13.2 Å². The molecule has 0 aliphatic carbocycles. The fourth-order valence-corrected chi connectivity index (χ4v) is 2.19. The molecule has 0 atom stereocenters. The lowest BCUT2D eigenvalue weighted by atomic mass is 10.3. The highest BCUT2D eigenvalue weighted by Crippen LogP contribution is 2.18. The molecule has 0 aliphatic heterocycles. The lowest BCUT2D eigenvalue weighted by molar-refractivity contribution is -0.132. The maximum Gasteiger partial charge on any atom is 0.390 e. The third kappa shape index (κ3) is 5.46. The number of halogens is 3. The predicted molar refractivity (Wildman–Crippen MR) is 84.4 cm³/mol. The molecule has 0 radical (unpaired) electrons. The van der Waals surface area contributed by atoms with Crippen molar-refractivity contribution in [1.82, 2.24) is 20.2 Å². The monoisotopic (exact) mass is 327 g/mol.